The van der Waals surface area contributed by atoms with Crippen LogP contribution in [0.15, 0.2) is 48.5 Å². The summed E-state index contributed by atoms with van der Waals surface area (Å²) < 4.78 is 5.23. The normalized spacial score (nSPS) is 22.2. The second kappa shape index (κ2) is 8.83. The number of rotatable bonds is 4. The number of benzene rings is 2. The van der Waals surface area contributed by atoms with Crippen LogP contribution >= 0.6 is 0 Å². The Labute approximate surface area is 182 Å². The minimum absolute atomic E-state index is 0.00167. The van der Waals surface area contributed by atoms with Crippen molar-refractivity contribution >= 4 is 11.8 Å². The highest BCUT2D eigenvalue weighted by Gasteiger charge is 2.54. The van der Waals surface area contributed by atoms with E-state index >= 15 is 0 Å². The summed E-state index contributed by atoms with van der Waals surface area (Å²) >= 11 is 0. The zero-order chi connectivity index (χ0) is 22.0. The van der Waals surface area contributed by atoms with Gasteiger partial charge in [0.2, 0.25) is 11.8 Å². The number of carbonyl (C=O) groups is 2. The van der Waals surface area contributed by atoms with Gasteiger partial charge in [-0.2, -0.15) is 0 Å². The minimum atomic E-state index is -0.245. The lowest BCUT2D eigenvalue weighted by molar-refractivity contribution is -0.166. The Balaban J connectivity index is 1.52. The van der Waals surface area contributed by atoms with Crippen LogP contribution in [0.3, 0.4) is 0 Å². The molecular weight excluding hydrogens is 392 g/mol. The van der Waals surface area contributed by atoms with Crippen LogP contribution in [0.2, 0.25) is 0 Å². The average molecular weight is 418 g/mol. The van der Waals surface area contributed by atoms with Crippen molar-refractivity contribution in [1.82, 2.24) is 9.80 Å². The van der Waals surface area contributed by atoms with Crippen molar-refractivity contribution in [2.24, 2.45) is 0 Å². The van der Waals surface area contributed by atoms with Crippen LogP contribution in [0.25, 0.3) is 0 Å². The fraction of sp³-hybridized carbons (Fsp3) is 0.360. The van der Waals surface area contributed by atoms with E-state index in [1.165, 1.54) is 0 Å². The summed E-state index contributed by atoms with van der Waals surface area (Å²) in [5.74, 6) is 6.97. The first-order valence-electron chi connectivity index (χ1n) is 10.5. The quantitative estimate of drug-likeness (QED) is 0.772. The Morgan fingerprint density at radius 2 is 1.90 bits per heavy atom. The predicted molar refractivity (Wildman–Crippen MR) is 117 cm³/mol. The van der Waals surface area contributed by atoms with E-state index in [-0.39, 0.29) is 43.0 Å². The second-order valence-corrected chi connectivity index (χ2v) is 7.88. The van der Waals surface area contributed by atoms with Gasteiger partial charge in [-0.3, -0.25) is 9.59 Å². The zero-order valence-electron chi connectivity index (χ0n) is 17.7. The van der Waals surface area contributed by atoms with E-state index in [1.807, 2.05) is 48.5 Å². The summed E-state index contributed by atoms with van der Waals surface area (Å²) in [5, 5.41) is 9.90. The van der Waals surface area contributed by atoms with Gasteiger partial charge in [-0.1, -0.05) is 37.0 Å². The number of aliphatic hydroxyl groups excluding tert-OH is 1. The number of methoxy groups -OCH3 is 1. The Kier molecular flexibility index (Phi) is 5.97. The molecule has 2 heterocycles. The molecule has 2 aliphatic rings. The second-order valence-electron chi connectivity index (χ2n) is 7.88. The third kappa shape index (κ3) is 4.01. The molecule has 0 spiro atoms. The summed E-state index contributed by atoms with van der Waals surface area (Å²) in [6.07, 6.45) is 0.384. The first kappa shape index (κ1) is 21.0. The molecule has 0 aliphatic carbocycles. The number of aliphatic hydroxyl groups is 1. The Bertz CT molecular complexity index is 1040. The van der Waals surface area contributed by atoms with Gasteiger partial charge in [-0.25, -0.2) is 0 Å². The van der Waals surface area contributed by atoms with E-state index in [2.05, 4.69) is 11.8 Å². The largest absolute Gasteiger partial charge is 0.497 e. The molecule has 2 aromatic rings. The number of amides is 2. The lowest BCUT2D eigenvalue weighted by atomic mass is 9.73. The van der Waals surface area contributed by atoms with Gasteiger partial charge in [0.25, 0.3) is 0 Å². The lowest BCUT2D eigenvalue weighted by Gasteiger charge is -2.58. The van der Waals surface area contributed by atoms with Gasteiger partial charge >= 0.3 is 0 Å². The molecule has 1 N–H and O–H groups in total. The van der Waals surface area contributed by atoms with Gasteiger partial charge in [0.05, 0.1) is 32.3 Å². The van der Waals surface area contributed by atoms with Crippen molar-refractivity contribution < 1.29 is 19.4 Å². The SMILES string of the molecule is CCC(=O)N1CC(=O)N2[C@@H](CO)[C@H](c3ccc(C#Cc4cccc(OC)c4)cc3)[C@@H]2C1. The maximum absolute atomic E-state index is 12.5. The molecule has 3 atom stereocenters. The molecule has 6 nitrogen and oxygen atoms in total. The molecule has 0 bridgehead atoms. The van der Waals surface area contributed by atoms with Crippen molar-refractivity contribution in [2.75, 3.05) is 26.8 Å². The Morgan fingerprint density at radius 3 is 2.58 bits per heavy atom. The monoisotopic (exact) mass is 418 g/mol. The fourth-order valence-electron chi connectivity index (χ4n) is 4.55. The smallest absolute Gasteiger partial charge is 0.242 e. The fourth-order valence-corrected chi connectivity index (χ4v) is 4.55. The van der Waals surface area contributed by atoms with Crippen LogP contribution in [-0.4, -0.2) is 65.6 Å². The molecular formula is C25H26N2O4. The third-order valence-corrected chi connectivity index (χ3v) is 6.12. The highest BCUT2D eigenvalue weighted by atomic mass is 16.5. The summed E-state index contributed by atoms with van der Waals surface area (Å²) in [6.45, 7) is 2.33. The number of nitrogens with zero attached hydrogens (tertiary/aromatic N) is 2. The number of fused-ring (bicyclic) bond motifs is 1. The molecule has 2 amide bonds. The van der Waals surface area contributed by atoms with Crippen LogP contribution in [0, 0.1) is 11.8 Å². The summed E-state index contributed by atoms with van der Waals surface area (Å²) in [5.41, 5.74) is 2.80. The van der Waals surface area contributed by atoms with Gasteiger partial charge in [0.15, 0.2) is 0 Å². The van der Waals surface area contributed by atoms with Gasteiger partial charge in [-0.15, -0.1) is 0 Å². The number of hydrogen-bond donors (Lipinski definition) is 1. The minimum Gasteiger partial charge on any atom is -0.497 e. The van der Waals surface area contributed by atoms with Gasteiger partial charge in [0, 0.05) is 30.0 Å². The van der Waals surface area contributed by atoms with Crippen molar-refractivity contribution in [2.45, 2.75) is 31.3 Å². The third-order valence-electron chi connectivity index (χ3n) is 6.12. The van der Waals surface area contributed by atoms with Crippen LogP contribution in [0.5, 0.6) is 5.75 Å². The van der Waals surface area contributed by atoms with E-state index in [4.69, 9.17) is 4.74 Å². The molecule has 2 aliphatic heterocycles. The highest BCUT2D eigenvalue weighted by Crippen LogP contribution is 2.42. The summed E-state index contributed by atoms with van der Waals surface area (Å²) in [6, 6.07) is 15.2. The molecule has 4 rings (SSSR count). The van der Waals surface area contributed by atoms with E-state index < -0.39 is 0 Å². The molecule has 0 aromatic heterocycles. The highest BCUT2D eigenvalue weighted by molar-refractivity contribution is 5.87. The zero-order valence-corrected chi connectivity index (χ0v) is 17.7. The van der Waals surface area contributed by atoms with Crippen LogP contribution in [0.4, 0.5) is 0 Å². The van der Waals surface area contributed by atoms with Crippen molar-refractivity contribution in [1.29, 1.82) is 0 Å². The average Bonchev–Trinajstić information content (AvgIpc) is 2.79. The van der Waals surface area contributed by atoms with Crippen LogP contribution in [-0.2, 0) is 9.59 Å². The van der Waals surface area contributed by atoms with Crippen LogP contribution < -0.4 is 4.74 Å². The first-order valence-corrected chi connectivity index (χ1v) is 10.5. The van der Waals surface area contributed by atoms with Gasteiger partial charge < -0.3 is 19.6 Å². The molecule has 2 fully saturated rings. The number of piperazine rings is 1. The number of carbonyl (C=O) groups excluding carboxylic acids is 2. The number of ether oxygens (including phenoxy) is 1. The predicted octanol–water partition coefficient (Wildman–Crippen LogP) is 2.00. The standard InChI is InChI=1S/C25H26N2O4/c1-3-23(29)26-14-21-25(22(16-28)27(21)24(30)15-26)19-11-9-17(10-12-19)7-8-18-5-4-6-20(13-18)31-2/h4-6,9-13,21-22,25,28H,3,14-16H2,1-2H3/t21-,22-,25+/m0/s1. The number of hydrogen-bond acceptors (Lipinski definition) is 4. The van der Waals surface area contributed by atoms with Crippen molar-refractivity contribution in [3.63, 3.8) is 0 Å². The Morgan fingerprint density at radius 1 is 1.16 bits per heavy atom. The molecule has 0 radical (unpaired) electrons. The Hall–Kier alpha value is -3.30. The molecule has 31 heavy (non-hydrogen) atoms. The van der Waals surface area contributed by atoms with Crippen LogP contribution in [0.1, 0.15) is 36.0 Å². The summed E-state index contributed by atoms with van der Waals surface area (Å²) in [4.78, 5) is 28.1. The molecule has 6 heteroatoms. The first-order chi connectivity index (χ1) is 15.0. The van der Waals surface area contributed by atoms with Crippen molar-refractivity contribution in [3.8, 4) is 17.6 Å². The van der Waals surface area contributed by atoms with E-state index in [0.717, 1.165) is 22.4 Å². The lowest BCUT2D eigenvalue weighted by Crippen LogP contribution is -2.73. The maximum Gasteiger partial charge on any atom is 0.242 e. The molecule has 0 saturated carbocycles. The molecule has 0 unspecified atom stereocenters. The van der Waals surface area contributed by atoms with E-state index in [0.29, 0.717) is 13.0 Å². The van der Waals surface area contributed by atoms with Crippen molar-refractivity contribution in [3.05, 3.63) is 65.2 Å². The van der Waals surface area contributed by atoms with E-state index in [1.54, 1.807) is 23.8 Å². The van der Waals surface area contributed by atoms with E-state index in [9.17, 15) is 14.7 Å². The van der Waals surface area contributed by atoms with Gasteiger partial charge in [-0.05, 0) is 35.9 Å². The van der Waals surface area contributed by atoms with Gasteiger partial charge in [0.1, 0.15) is 5.75 Å². The molecule has 2 saturated heterocycles. The summed E-state index contributed by atoms with van der Waals surface area (Å²) in [7, 11) is 1.63. The maximum atomic E-state index is 12.5. The topological polar surface area (TPSA) is 70.1 Å². The molecule has 160 valence electrons. The molecule has 2 aromatic carbocycles.